The maximum atomic E-state index is 12.9. The number of rotatable bonds is 6. The third kappa shape index (κ3) is 4.54. The number of anilines is 1. The fourth-order valence-corrected chi connectivity index (χ4v) is 2.75. The number of para-hydroxylation sites is 1. The Labute approximate surface area is 162 Å². The van der Waals surface area contributed by atoms with Crippen LogP contribution in [0.3, 0.4) is 0 Å². The molecule has 0 saturated heterocycles. The Bertz CT molecular complexity index is 1040. The van der Waals surface area contributed by atoms with Crippen LogP contribution in [0.5, 0.6) is 5.75 Å². The Kier molecular flexibility index (Phi) is 6.01. The Morgan fingerprint density at radius 3 is 2.75 bits per heavy atom. The lowest BCUT2D eigenvalue weighted by Gasteiger charge is -2.11. The van der Waals surface area contributed by atoms with Crippen LogP contribution in [0.15, 0.2) is 60.8 Å². The Hall–Kier alpha value is -3.67. The third-order valence-corrected chi connectivity index (χ3v) is 4.06. The monoisotopic (exact) mass is 376 g/mol. The molecule has 1 heterocycles. The summed E-state index contributed by atoms with van der Waals surface area (Å²) >= 11 is 0. The van der Waals surface area contributed by atoms with Crippen LogP contribution < -0.4 is 10.1 Å². The summed E-state index contributed by atoms with van der Waals surface area (Å²) in [7, 11) is 1.56. The summed E-state index contributed by atoms with van der Waals surface area (Å²) in [6.07, 6.45) is 5.09. The molecular formula is C22H20N2O4. The maximum Gasteiger partial charge on any atom is 0.302 e. The quantitative estimate of drug-likeness (QED) is 0.656. The number of methoxy groups -OCH3 is 1. The van der Waals surface area contributed by atoms with Crippen LogP contribution in [-0.2, 0) is 9.53 Å². The first-order valence-corrected chi connectivity index (χ1v) is 8.71. The van der Waals surface area contributed by atoms with Crippen molar-refractivity contribution in [2.45, 2.75) is 6.92 Å². The second kappa shape index (κ2) is 8.81. The molecule has 0 fully saturated rings. The molecule has 28 heavy (non-hydrogen) atoms. The van der Waals surface area contributed by atoms with Crippen molar-refractivity contribution in [3.8, 4) is 5.75 Å². The van der Waals surface area contributed by atoms with E-state index >= 15 is 0 Å². The lowest BCUT2D eigenvalue weighted by Crippen LogP contribution is -2.14. The minimum Gasteiger partial charge on any atom is -0.497 e. The topological polar surface area (TPSA) is 77.5 Å². The molecule has 0 aliphatic carbocycles. The fraction of sp³-hybridized carbons (Fsp3) is 0.136. The predicted molar refractivity (Wildman–Crippen MR) is 108 cm³/mol. The van der Waals surface area contributed by atoms with Gasteiger partial charge in [-0.15, -0.1) is 0 Å². The number of carbonyl (C=O) groups is 2. The first-order valence-electron chi connectivity index (χ1n) is 8.71. The van der Waals surface area contributed by atoms with Gasteiger partial charge in [0.2, 0.25) is 0 Å². The Balaban J connectivity index is 1.89. The fourth-order valence-electron chi connectivity index (χ4n) is 2.75. The van der Waals surface area contributed by atoms with Crippen LogP contribution in [0.25, 0.3) is 17.0 Å². The molecule has 0 aliphatic rings. The van der Waals surface area contributed by atoms with Gasteiger partial charge >= 0.3 is 5.97 Å². The molecule has 0 bridgehead atoms. The zero-order valence-electron chi connectivity index (χ0n) is 15.6. The van der Waals surface area contributed by atoms with Gasteiger partial charge in [0.25, 0.3) is 5.91 Å². The molecule has 3 aromatic rings. The summed E-state index contributed by atoms with van der Waals surface area (Å²) in [5.74, 6) is -0.0137. The van der Waals surface area contributed by atoms with Gasteiger partial charge in [-0.1, -0.05) is 24.3 Å². The number of benzene rings is 2. The average Bonchev–Trinajstić information content (AvgIpc) is 2.71. The molecule has 142 valence electrons. The number of ether oxygens (including phenoxy) is 2. The molecule has 0 saturated carbocycles. The number of hydrogen-bond acceptors (Lipinski definition) is 5. The standard InChI is InChI=1S/C22H20N2O4/c1-15(25)28-13-5-8-17-14-18(27-2)10-11-19(17)22(26)24-20-9-3-6-16-7-4-12-23-21(16)20/h3-12,14H,13H2,1-2H3,(H,24,26)/b8-5+. The van der Waals surface area contributed by atoms with Crippen molar-refractivity contribution < 1.29 is 19.1 Å². The van der Waals surface area contributed by atoms with Crippen LogP contribution in [-0.4, -0.2) is 30.6 Å². The van der Waals surface area contributed by atoms with Crippen LogP contribution in [0.4, 0.5) is 5.69 Å². The summed E-state index contributed by atoms with van der Waals surface area (Å²) in [5.41, 5.74) is 2.47. The second-order valence-corrected chi connectivity index (χ2v) is 5.99. The molecular weight excluding hydrogens is 356 g/mol. The van der Waals surface area contributed by atoms with Crippen molar-refractivity contribution in [3.63, 3.8) is 0 Å². The molecule has 6 heteroatoms. The SMILES string of the molecule is COc1ccc(C(=O)Nc2cccc3cccnc23)c(/C=C/COC(C)=O)c1. The molecule has 0 atom stereocenters. The minimum atomic E-state index is -0.364. The highest BCUT2D eigenvalue weighted by atomic mass is 16.5. The second-order valence-electron chi connectivity index (χ2n) is 5.99. The van der Waals surface area contributed by atoms with Gasteiger partial charge in [0.05, 0.1) is 18.3 Å². The van der Waals surface area contributed by atoms with Gasteiger partial charge in [-0.2, -0.15) is 0 Å². The molecule has 1 aromatic heterocycles. The molecule has 1 amide bonds. The number of amides is 1. The predicted octanol–water partition coefficient (Wildman–Crippen LogP) is 4.07. The van der Waals surface area contributed by atoms with Gasteiger partial charge in [0.1, 0.15) is 12.4 Å². The summed E-state index contributed by atoms with van der Waals surface area (Å²) in [6, 6.07) is 14.6. The first-order chi connectivity index (χ1) is 13.6. The highest BCUT2D eigenvalue weighted by Crippen LogP contribution is 2.24. The van der Waals surface area contributed by atoms with Crippen molar-refractivity contribution in [3.05, 3.63) is 71.9 Å². The van der Waals surface area contributed by atoms with E-state index in [0.717, 1.165) is 10.9 Å². The average molecular weight is 376 g/mol. The number of carbonyl (C=O) groups excluding carboxylic acids is 2. The van der Waals surface area contributed by atoms with Gasteiger partial charge in [0.15, 0.2) is 0 Å². The number of hydrogen-bond donors (Lipinski definition) is 1. The Morgan fingerprint density at radius 1 is 1.14 bits per heavy atom. The number of fused-ring (bicyclic) bond motifs is 1. The molecule has 6 nitrogen and oxygen atoms in total. The molecule has 0 spiro atoms. The lowest BCUT2D eigenvalue weighted by molar-refractivity contribution is -0.139. The zero-order valence-corrected chi connectivity index (χ0v) is 15.6. The van der Waals surface area contributed by atoms with Crippen molar-refractivity contribution >= 4 is 34.5 Å². The number of nitrogens with one attached hydrogen (secondary N) is 1. The van der Waals surface area contributed by atoms with Gasteiger partial charge < -0.3 is 14.8 Å². The van der Waals surface area contributed by atoms with Crippen LogP contribution in [0.2, 0.25) is 0 Å². The van der Waals surface area contributed by atoms with Crippen molar-refractivity contribution in [2.75, 3.05) is 19.0 Å². The van der Waals surface area contributed by atoms with E-state index in [1.165, 1.54) is 6.92 Å². The summed E-state index contributed by atoms with van der Waals surface area (Å²) < 4.78 is 10.1. The normalized spacial score (nSPS) is 10.8. The van der Waals surface area contributed by atoms with Gasteiger partial charge in [0, 0.05) is 24.1 Å². The molecule has 0 aliphatic heterocycles. The molecule has 2 aromatic carbocycles. The van der Waals surface area contributed by atoms with E-state index in [4.69, 9.17) is 9.47 Å². The molecule has 0 unspecified atom stereocenters. The first kappa shape index (κ1) is 19.1. The Morgan fingerprint density at radius 2 is 1.96 bits per heavy atom. The largest absolute Gasteiger partial charge is 0.497 e. The van der Waals surface area contributed by atoms with Crippen molar-refractivity contribution in [1.29, 1.82) is 0 Å². The van der Waals surface area contributed by atoms with Gasteiger partial charge in [-0.3, -0.25) is 14.6 Å². The zero-order chi connectivity index (χ0) is 19.9. The maximum absolute atomic E-state index is 12.9. The number of aromatic nitrogens is 1. The van der Waals surface area contributed by atoms with Gasteiger partial charge in [-0.25, -0.2) is 0 Å². The highest BCUT2D eigenvalue weighted by molar-refractivity contribution is 6.10. The molecule has 1 N–H and O–H groups in total. The smallest absolute Gasteiger partial charge is 0.302 e. The molecule has 3 rings (SSSR count). The van der Waals surface area contributed by atoms with E-state index in [0.29, 0.717) is 22.6 Å². The third-order valence-electron chi connectivity index (χ3n) is 4.06. The van der Waals surface area contributed by atoms with E-state index in [1.54, 1.807) is 43.7 Å². The van der Waals surface area contributed by atoms with Gasteiger partial charge in [-0.05, 0) is 42.0 Å². The van der Waals surface area contributed by atoms with Crippen LogP contribution in [0, 0.1) is 0 Å². The van der Waals surface area contributed by atoms with E-state index in [2.05, 4.69) is 10.3 Å². The van der Waals surface area contributed by atoms with E-state index in [1.807, 2.05) is 30.3 Å². The minimum absolute atomic E-state index is 0.126. The number of esters is 1. The highest BCUT2D eigenvalue weighted by Gasteiger charge is 2.13. The summed E-state index contributed by atoms with van der Waals surface area (Å²) in [4.78, 5) is 28.2. The van der Waals surface area contributed by atoms with Crippen molar-refractivity contribution in [2.24, 2.45) is 0 Å². The van der Waals surface area contributed by atoms with Crippen molar-refractivity contribution in [1.82, 2.24) is 4.98 Å². The number of nitrogens with zero attached hydrogens (tertiary/aromatic N) is 1. The lowest BCUT2D eigenvalue weighted by atomic mass is 10.1. The number of pyridine rings is 1. The van der Waals surface area contributed by atoms with Crippen LogP contribution >= 0.6 is 0 Å². The van der Waals surface area contributed by atoms with E-state index < -0.39 is 0 Å². The summed E-state index contributed by atoms with van der Waals surface area (Å²) in [5, 5.41) is 3.87. The molecule has 0 radical (unpaired) electrons. The van der Waals surface area contributed by atoms with E-state index in [-0.39, 0.29) is 18.5 Å². The summed E-state index contributed by atoms with van der Waals surface area (Å²) in [6.45, 7) is 1.47. The van der Waals surface area contributed by atoms with E-state index in [9.17, 15) is 9.59 Å². The van der Waals surface area contributed by atoms with Crippen LogP contribution in [0.1, 0.15) is 22.8 Å².